The van der Waals surface area contributed by atoms with Crippen LogP contribution in [0, 0.1) is 11.8 Å². The van der Waals surface area contributed by atoms with E-state index in [0.29, 0.717) is 0 Å². The summed E-state index contributed by atoms with van der Waals surface area (Å²) in [6.07, 6.45) is 0. The van der Waals surface area contributed by atoms with Crippen molar-refractivity contribution in [1.29, 1.82) is 0 Å². The summed E-state index contributed by atoms with van der Waals surface area (Å²) in [5, 5.41) is 8.15. The maximum absolute atomic E-state index is 10.5. The van der Waals surface area contributed by atoms with Gasteiger partial charge in [0, 0.05) is 14.1 Å². The molecule has 0 rings (SSSR count). The predicted molar refractivity (Wildman–Crippen MR) is 33.6 cm³/mol. The summed E-state index contributed by atoms with van der Waals surface area (Å²) in [7, 11) is 3.21. The van der Waals surface area contributed by atoms with Crippen LogP contribution in [0.4, 0.5) is 0 Å². The molecule has 0 aromatic rings. The van der Waals surface area contributed by atoms with Crippen molar-refractivity contribution in [2.75, 3.05) is 20.7 Å². The van der Waals surface area contributed by atoms with Crippen molar-refractivity contribution in [3.63, 3.8) is 0 Å². The van der Waals surface area contributed by atoms with E-state index in [-0.39, 0.29) is 12.5 Å². The second kappa shape index (κ2) is 3.93. The van der Waals surface area contributed by atoms with Gasteiger partial charge in [0.25, 0.3) is 5.91 Å². The highest BCUT2D eigenvalue weighted by Gasteiger charge is 1.94. The Morgan fingerprint density at radius 1 is 1.67 bits per heavy atom. The summed E-state index contributed by atoms with van der Waals surface area (Å²) in [6, 6.07) is 0. The highest BCUT2D eigenvalue weighted by molar-refractivity contribution is 5.93. The molecule has 0 atom stereocenters. The Bertz CT molecular complexity index is 152. The van der Waals surface area contributed by atoms with E-state index in [4.69, 9.17) is 5.11 Å². The highest BCUT2D eigenvalue weighted by atomic mass is 16.2. The topological polar surface area (TPSA) is 40.5 Å². The molecule has 0 aliphatic carbocycles. The smallest absolute Gasteiger partial charge is 0.298 e. The summed E-state index contributed by atoms with van der Waals surface area (Å²) in [5.74, 6) is 4.17. The molecule has 0 fully saturated rings. The Morgan fingerprint density at radius 3 is 2.56 bits per heavy atom. The van der Waals surface area contributed by atoms with E-state index in [2.05, 4.69) is 11.8 Å². The molecule has 9 heavy (non-hydrogen) atoms. The van der Waals surface area contributed by atoms with Crippen LogP contribution in [0.15, 0.2) is 0 Å². The summed E-state index contributed by atoms with van der Waals surface area (Å²) >= 11 is 0. The number of aliphatic hydroxyl groups excluding tert-OH is 1. The van der Waals surface area contributed by atoms with E-state index < -0.39 is 0 Å². The fourth-order valence-corrected chi connectivity index (χ4v) is 0.227. The van der Waals surface area contributed by atoms with Crippen LogP contribution in [-0.2, 0) is 4.79 Å². The number of carbonyl (C=O) groups excluding carboxylic acids is 1. The van der Waals surface area contributed by atoms with Crippen LogP contribution in [0.1, 0.15) is 0 Å². The van der Waals surface area contributed by atoms with Crippen molar-refractivity contribution in [3.8, 4) is 11.8 Å². The van der Waals surface area contributed by atoms with Gasteiger partial charge in [-0.2, -0.15) is 0 Å². The number of amides is 1. The number of hydrogen-bond acceptors (Lipinski definition) is 2. The van der Waals surface area contributed by atoms with Gasteiger partial charge in [-0.25, -0.2) is 0 Å². The lowest BCUT2D eigenvalue weighted by Crippen LogP contribution is -2.19. The molecule has 0 saturated heterocycles. The van der Waals surface area contributed by atoms with Crippen LogP contribution >= 0.6 is 0 Å². The van der Waals surface area contributed by atoms with Gasteiger partial charge < -0.3 is 10.0 Å². The van der Waals surface area contributed by atoms with E-state index >= 15 is 0 Å². The van der Waals surface area contributed by atoms with Gasteiger partial charge in [-0.3, -0.25) is 4.79 Å². The molecule has 1 N–H and O–H groups in total. The van der Waals surface area contributed by atoms with Gasteiger partial charge in [0.1, 0.15) is 6.61 Å². The SMILES string of the molecule is CN(C)C(=O)C#CCO. The molecule has 3 heteroatoms. The third-order valence-corrected chi connectivity index (χ3v) is 0.681. The zero-order valence-corrected chi connectivity index (χ0v) is 5.51. The van der Waals surface area contributed by atoms with Gasteiger partial charge >= 0.3 is 0 Å². The van der Waals surface area contributed by atoms with Crippen molar-refractivity contribution >= 4 is 5.91 Å². The average molecular weight is 127 g/mol. The zero-order valence-electron chi connectivity index (χ0n) is 5.51. The molecule has 0 aliphatic rings. The molecule has 0 unspecified atom stereocenters. The van der Waals surface area contributed by atoms with Crippen LogP contribution in [0.25, 0.3) is 0 Å². The largest absolute Gasteiger partial charge is 0.384 e. The molecular formula is C6H9NO2. The fraction of sp³-hybridized carbons (Fsp3) is 0.500. The van der Waals surface area contributed by atoms with Crippen molar-refractivity contribution in [1.82, 2.24) is 4.90 Å². The van der Waals surface area contributed by atoms with E-state index in [1.54, 1.807) is 14.1 Å². The Balaban J connectivity index is 3.77. The third kappa shape index (κ3) is 3.56. The minimum absolute atomic E-state index is 0.264. The number of aliphatic hydroxyl groups is 1. The first-order valence-electron chi connectivity index (χ1n) is 2.49. The number of nitrogens with zero attached hydrogens (tertiary/aromatic N) is 1. The van der Waals surface area contributed by atoms with Crippen molar-refractivity contribution in [3.05, 3.63) is 0 Å². The van der Waals surface area contributed by atoms with Crippen LogP contribution in [0.2, 0.25) is 0 Å². The normalized spacial score (nSPS) is 7.44. The zero-order chi connectivity index (χ0) is 7.28. The van der Waals surface area contributed by atoms with Gasteiger partial charge in [-0.1, -0.05) is 5.92 Å². The molecule has 50 valence electrons. The highest BCUT2D eigenvalue weighted by Crippen LogP contribution is 1.72. The Labute approximate surface area is 54.3 Å². The standard InChI is InChI=1S/C6H9NO2/c1-7(2)6(9)4-3-5-8/h8H,5H2,1-2H3. The third-order valence-electron chi connectivity index (χ3n) is 0.681. The van der Waals surface area contributed by atoms with Crippen molar-refractivity contribution < 1.29 is 9.90 Å². The van der Waals surface area contributed by atoms with Crippen LogP contribution < -0.4 is 0 Å². The number of carbonyl (C=O) groups is 1. The van der Waals surface area contributed by atoms with Gasteiger partial charge in [0.15, 0.2) is 0 Å². The lowest BCUT2D eigenvalue weighted by Gasteiger charge is -2.01. The number of rotatable bonds is 0. The van der Waals surface area contributed by atoms with E-state index in [1.165, 1.54) is 4.90 Å². The lowest BCUT2D eigenvalue weighted by molar-refractivity contribution is -0.122. The molecule has 3 nitrogen and oxygen atoms in total. The van der Waals surface area contributed by atoms with Crippen LogP contribution in [0.3, 0.4) is 0 Å². The van der Waals surface area contributed by atoms with Crippen molar-refractivity contribution in [2.45, 2.75) is 0 Å². The minimum Gasteiger partial charge on any atom is -0.384 e. The molecule has 0 spiro atoms. The first kappa shape index (κ1) is 7.99. The molecule has 0 aromatic carbocycles. The van der Waals surface area contributed by atoms with E-state index in [1.807, 2.05) is 0 Å². The number of hydrogen-bond donors (Lipinski definition) is 1. The van der Waals surface area contributed by atoms with Gasteiger partial charge in [-0.05, 0) is 5.92 Å². The molecule has 0 bridgehead atoms. The van der Waals surface area contributed by atoms with Crippen LogP contribution in [0.5, 0.6) is 0 Å². The summed E-state index contributed by atoms with van der Waals surface area (Å²) in [5.41, 5.74) is 0. The average Bonchev–Trinajstić information content (AvgIpc) is 1.82. The van der Waals surface area contributed by atoms with Crippen LogP contribution in [-0.4, -0.2) is 36.6 Å². The molecule has 0 heterocycles. The first-order valence-corrected chi connectivity index (χ1v) is 2.49. The lowest BCUT2D eigenvalue weighted by atomic mass is 10.5. The summed E-state index contributed by atoms with van der Waals surface area (Å²) < 4.78 is 0. The maximum Gasteiger partial charge on any atom is 0.298 e. The fourth-order valence-electron chi connectivity index (χ4n) is 0.227. The van der Waals surface area contributed by atoms with E-state index in [0.717, 1.165) is 0 Å². The molecular weight excluding hydrogens is 118 g/mol. The van der Waals surface area contributed by atoms with Gasteiger partial charge in [-0.15, -0.1) is 0 Å². The Kier molecular flexibility index (Phi) is 3.49. The second-order valence-corrected chi connectivity index (χ2v) is 1.66. The maximum atomic E-state index is 10.5. The molecule has 0 aromatic heterocycles. The molecule has 0 saturated carbocycles. The summed E-state index contributed by atoms with van der Waals surface area (Å²) in [4.78, 5) is 11.9. The minimum atomic E-state index is -0.288. The van der Waals surface area contributed by atoms with Crippen molar-refractivity contribution in [2.24, 2.45) is 0 Å². The monoisotopic (exact) mass is 127 g/mol. The quantitative estimate of drug-likeness (QED) is 0.427. The molecule has 1 amide bonds. The van der Waals surface area contributed by atoms with Gasteiger partial charge in [0.2, 0.25) is 0 Å². The van der Waals surface area contributed by atoms with E-state index in [9.17, 15) is 4.79 Å². The first-order chi connectivity index (χ1) is 4.18. The second-order valence-electron chi connectivity index (χ2n) is 1.66. The molecule has 0 radical (unpaired) electrons. The Morgan fingerprint density at radius 2 is 2.22 bits per heavy atom. The predicted octanol–water partition coefficient (Wildman–Crippen LogP) is -0.930. The summed E-state index contributed by atoms with van der Waals surface area (Å²) in [6.45, 7) is -0.264. The Hall–Kier alpha value is -1.01. The molecule has 0 aliphatic heterocycles. The van der Waals surface area contributed by atoms with Gasteiger partial charge in [0.05, 0.1) is 0 Å².